The normalized spacial score (nSPS) is 11.1. The van der Waals surface area contributed by atoms with Crippen molar-refractivity contribution >= 4 is 50.5 Å². The van der Waals surface area contributed by atoms with E-state index < -0.39 is 28.3 Å². The molecule has 0 aliphatic carbocycles. The molecule has 0 saturated carbocycles. The van der Waals surface area contributed by atoms with Gasteiger partial charge in [0.2, 0.25) is 5.91 Å². The molecule has 0 atom stereocenters. The zero-order valence-electron chi connectivity index (χ0n) is 16.2. The first-order chi connectivity index (χ1) is 14.7. The summed E-state index contributed by atoms with van der Waals surface area (Å²) >= 11 is 11.6. The van der Waals surface area contributed by atoms with Crippen LogP contribution in [0.4, 0.5) is 15.8 Å². The van der Waals surface area contributed by atoms with Gasteiger partial charge in [0.25, 0.3) is 10.0 Å². The Balaban J connectivity index is 1.98. The van der Waals surface area contributed by atoms with Gasteiger partial charge in [-0.1, -0.05) is 35.3 Å². The van der Waals surface area contributed by atoms with Gasteiger partial charge in [-0.25, -0.2) is 12.8 Å². The monoisotopic (exact) mass is 482 g/mol. The molecule has 0 unspecified atom stereocenters. The number of rotatable bonds is 7. The molecule has 6 nitrogen and oxygen atoms in total. The summed E-state index contributed by atoms with van der Waals surface area (Å²) in [5, 5.41) is 2.72. The highest BCUT2D eigenvalue weighted by atomic mass is 35.5. The fourth-order valence-electron chi connectivity index (χ4n) is 2.77. The molecule has 162 valence electrons. The first-order valence-electron chi connectivity index (χ1n) is 8.88. The van der Waals surface area contributed by atoms with Crippen molar-refractivity contribution < 1.29 is 22.3 Å². The van der Waals surface area contributed by atoms with Crippen molar-refractivity contribution in [3.8, 4) is 5.75 Å². The van der Waals surface area contributed by atoms with E-state index in [0.717, 1.165) is 10.4 Å². The number of nitrogens with zero attached hydrogens (tertiary/aromatic N) is 1. The summed E-state index contributed by atoms with van der Waals surface area (Å²) in [6, 6.07) is 15.6. The fourth-order valence-corrected chi connectivity index (χ4v) is 4.51. The van der Waals surface area contributed by atoms with E-state index in [9.17, 15) is 17.6 Å². The second kappa shape index (κ2) is 9.55. The van der Waals surface area contributed by atoms with Gasteiger partial charge in [-0.05, 0) is 54.6 Å². The molecule has 0 fully saturated rings. The molecule has 3 aromatic carbocycles. The maximum atomic E-state index is 13.4. The average Bonchev–Trinajstić information content (AvgIpc) is 2.75. The Morgan fingerprint density at radius 3 is 2.39 bits per heavy atom. The van der Waals surface area contributed by atoms with Crippen molar-refractivity contribution in [2.75, 3.05) is 23.3 Å². The third-order valence-electron chi connectivity index (χ3n) is 4.25. The number of anilines is 2. The minimum Gasteiger partial charge on any atom is -0.495 e. The highest BCUT2D eigenvalue weighted by Gasteiger charge is 2.29. The van der Waals surface area contributed by atoms with Crippen LogP contribution in [-0.2, 0) is 14.8 Å². The number of sulfonamides is 1. The zero-order valence-corrected chi connectivity index (χ0v) is 18.5. The van der Waals surface area contributed by atoms with Gasteiger partial charge in [-0.3, -0.25) is 9.10 Å². The van der Waals surface area contributed by atoms with Gasteiger partial charge < -0.3 is 10.1 Å². The number of nitrogens with one attached hydrogen (secondary N) is 1. The van der Waals surface area contributed by atoms with Crippen molar-refractivity contribution in [3.05, 3.63) is 82.6 Å². The van der Waals surface area contributed by atoms with E-state index in [2.05, 4.69) is 5.32 Å². The van der Waals surface area contributed by atoms with E-state index in [1.54, 1.807) is 18.2 Å². The Morgan fingerprint density at radius 2 is 1.74 bits per heavy atom. The first-order valence-corrected chi connectivity index (χ1v) is 11.1. The molecule has 0 radical (unpaired) electrons. The lowest BCUT2D eigenvalue weighted by Crippen LogP contribution is -2.38. The minimum absolute atomic E-state index is 0.0552. The smallest absolute Gasteiger partial charge is 0.264 e. The second-order valence-corrected chi connectivity index (χ2v) is 9.02. The zero-order chi connectivity index (χ0) is 22.6. The Hall–Kier alpha value is -2.81. The molecule has 0 heterocycles. The summed E-state index contributed by atoms with van der Waals surface area (Å²) in [5.41, 5.74) is 0.396. The topological polar surface area (TPSA) is 75.7 Å². The van der Waals surface area contributed by atoms with Gasteiger partial charge in [0.15, 0.2) is 0 Å². The molecule has 0 aliphatic rings. The van der Waals surface area contributed by atoms with E-state index >= 15 is 0 Å². The van der Waals surface area contributed by atoms with Gasteiger partial charge >= 0.3 is 0 Å². The number of carbonyl (C=O) groups excluding carboxylic acids is 1. The summed E-state index contributed by atoms with van der Waals surface area (Å²) in [4.78, 5) is 12.7. The molecule has 1 amide bonds. The largest absolute Gasteiger partial charge is 0.495 e. The van der Waals surface area contributed by atoms with Crippen molar-refractivity contribution in [1.29, 1.82) is 0 Å². The molecule has 3 rings (SSSR count). The molecular formula is C21H17Cl2FN2O4S. The molecule has 0 aromatic heterocycles. The molecule has 31 heavy (non-hydrogen) atoms. The van der Waals surface area contributed by atoms with Crippen LogP contribution >= 0.6 is 23.2 Å². The highest BCUT2D eigenvalue weighted by Crippen LogP contribution is 2.32. The summed E-state index contributed by atoms with van der Waals surface area (Å²) in [5.74, 6) is -1.04. The van der Waals surface area contributed by atoms with Crippen molar-refractivity contribution in [1.82, 2.24) is 0 Å². The second-order valence-electron chi connectivity index (χ2n) is 6.31. The van der Waals surface area contributed by atoms with Crippen LogP contribution in [0.2, 0.25) is 10.0 Å². The van der Waals surface area contributed by atoms with Crippen LogP contribution < -0.4 is 14.4 Å². The average molecular weight is 483 g/mol. The summed E-state index contributed by atoms with van der Waals surface area (Å²) in [6.45, 7) is -0.569. The molecule has 0 saturated heterocycles. The third kappa shape index (κ3) is 5.28. The summed E-state index contributed by atoms with van der Waals surface area (Å²) in [6.07, 6.45) is 0. The Kier molecular flexibility index (Phi) is 7.04. The van der Waals surface area contributed by atoms with Crippen LogP contribution in [0.5, 0.6) is 5.75 Å². The number of para-hydroxylation sites is 2. The number of benzene rings is 3. The molecule has 10 heteroatoms. The quantitative estimate of drug-likeness (QED) is 0.515. The van der Waals surface area contributed by atoms with Crippen LogP contribution in [0.25, 0.3) is 0 Å². The number of amides is 1. The van der Waals surface area contributed by atoms with Crippen molar-refractivity contribution in [2.45, 2.75) is 4.90 Å². The van der Waals surface area contributed by atoms with E-state index in [-0.39, 0.29) is 27.0 Å². The van der Waals surface area contributed by atoms with Crippen molar-refractivity contribution in [3.63, 3.8) is 0 Å². The molecule has 3 aromatic rings. The van der Waals surface area contributed by atoms with Crippen LogP contribution in [0.1, 0.15) is 0 Å². The molecule has 1 N–H and O–H groups in total. The van der Waals surface area contributed by atoms with Gasteiger partial charge in [-0.15, -0.1) is 0 Å². The Morgan fingerprint density at radius 1 is 1.06 bits per heavy atom. The maximum Gasteiger partial charge on any atom is 0.264 e. The predicted octanol–water partition coefficient (Wildman–Crippen LogP) is 4.98. The van der Waals surface area contributed by atoms with Gasteiger partial charge in [-0.2, -0.15) is 0 Å². The number of halogens is 3. The third-order valence-corrected chi connectivity index (χ3v) is 6.56. The van der Waals surface area contributed by atoms with E-state index in [0.29, 0.717) is 5.02 Å². The standard InChI is InChI=1S/C21H17Cl2FN2O4S/c1-30-20-5-3-2-4-19(20)26(31(28,29)16-9-6-14(22)7-10-16)13-21(27)25-15-8-11-18(24)17(23)12-15/h2-12H,13H2,1H3,(H,25,27). The molecule has 0 aliphatic heterocycles. The van der Waals surface area contributed by atoms with Crippen molar-refractivity contribution in [2.24, 2.45) is 0 Å². The lowest BCUT2D eigenvalue weighted by molar-refractivity contribution is -0.114. The van der Waals surface area contributed by atoms with Crippen LogP contribution in [0.3, 0.4) is 0 Å². The molecule has 0 bridgehead atoms. The molecular weight excluding hydrogens is 466 g/mol. The van der Waals surface area contributed by atoms with Crippen LogP contribution in [0, 0.1) is 5.82 Å². The highest BCUT2D eigenvalue weighted by molar-refractivity contribution is 7.92. The summed E-state index contributed by atoms with van der Waals surface area (Å²) in [7, 11) is -2.76. The Bertz CT molecular complexity index is 1200. The summed E-state index contributed by atoms with van der Waals surface area (Å²) < 4.78 is 46.3. The number of ether oxygens (including phenoxy) is 1. The first kappa shape index (κ1) is 22.9. The van der Waals surface area contributed by atoms with Crippen LogP contribution in [0.15, 0.2) is 71.6 Å². The van der Waals surface area contributed by atoms with Gasteiger partial charge in [0.1, 0.15) is 18.1 Å². The number of hydrogen-bond donors (Lipinski definition) is 1. The van der Waals surface area contributed by atoms with E-state index in [4.69, 9.17) is 27.9 Å². The fraction of sp³-hybridized carbons (Fsp3) is 0.0952. The number of hydrogen-bond acceptors (Lipinski definition) is 4. The van der Waals surface area contributed by atoms with E-state index in [1.165, 1.54) is 49.6 Å². The minimum atomic E-state index is -4.16. The lowest BCUT2D eigenvalue weighted by Gasteiger charge is -2.25. The SMILES string of the molecule is COc1ccccc1N(CC(=O)Nc1ccc(F)c(Cl)c1)S(=O)(=O)c1ccc(Cl)cc1. The maximum absolute atomic E-state index is 13.4. The lowest BCUT2D eigenvalue weighted by atomic mass is 10.3. The number of methoxy groups -OCH3 is 1. The predicted molar refractivity (Wildman–Crippen MR) is 119 cm³/mol. The van der Waals surface area contributed by atoms with Gasteiger partial charge in [0.05, 0.1) is 22.7 Å². The number of carbonyl (C=O) groups is 1. The van der Waals surface area contributed by atoms with Crippen LogP contribution in [-0.4, -0.2) is 28.0 Å². The van der Waals surface area contributed by atoms with Gasteiger partial charge in [0, 0.05) is 10.7 Å². The molecule has 0 spiro atoms. The van der Waals surface area contributed by atoms with E-state index in [1.807, 2.05) is 0 Å². The Labute approximate surface area is 189 Å².